The molecule has 3 aliphatic rings. The second-order valence-corrected chi connectivity index (χ2v) is 12.3. The zero-order valence-electron chi connectivity index (χ0n) is 23.1. The van der Waals surface area contributed by atoms with Crippen LogP contribution in [0.15, 0.2) is 12.3 Å². The second kappa shape index (κ2) is 11.2. The van der Waals surface area contributed by atoms with Gasteiger partial charge in [0.25, 0.3) is 5.91 Å². The molecule has 0 aromatic heterocycles. The highest BCUT2D eigenvalue weighted by atomic mass is 19.4. The summed E-state index contributed by atoms with van der Waals surface area (Å²) in [5.74, 6) is -7.81. The molecule has 0 unspecified atom stereocenters. The second-order valence-electron chi connectivity index (χ2n) is 12.3. The van der Waals surface area contributed by atoms with E-state index in [4.69, 9.17) is 0 Å². The van der Waals surface area contributed by atoms with E-state index in [0.717, 1.165) is 12.8 Å². The molecule has 4 atom stereocenters. The molecule has 3 N–H and O–H groups in total. The van der Waals surface area contributed by atoms with Gasteiger partial charge in [0.15, 0.2) is 5.78 Å². The standard InChI is InChI=1S/C26H37F5N4O5/c1-14(33-16(10-15-6-9-32-20(15)37)18(36)12-40-26(29,30)31)17-11-25(7-8-25)13-35(17)21(38)19(23(2,3)4)34-22(39)24(5,27)28/h15-17,19,33H,1,6-13H2,2-5H3,(H,32,37)(H,34,39)/t15-,16-,17-,19+/m0/s1. The third kappa shape index (κ3) is 7.91. The number of nitrogens with zero attached hydrogens (tertiary/aromatic N) is 1. The normalized spacial score (nSPS) is 23.9. The van der Waals surface area contributed by atoms with E-state index in [1.165, 1.54) is 4.90 Å². The van der Waals surface area contributed by atoms with Crippen LogP contribution in [0.3, 0.4) is 0 Å². The number of carbonyl (C=O) groups excluding carboxylic acids is 4. The zero-order chi connectivity index (χ0) is 30.3. The average Bonchev–Trinajstić information content (AvgIpc) is 3.27. The first-order valence-electron chi connectivity index (χ1n) is 13.2. The topological polar surface area (TPSA) is 117 Å². The van der Waals surface area contributed by atoms with Crippen LogP contribution in [0, 0.1) is 16.7 Å². The molecule has 3 amide bonds. The van der Waals surface area contributed by atoms with Crippen LogP contribution in [0.4, 0.5) is 22.0 Å². The Bertz CT molecular complexity index is 1030. The maximum atomic E-state index is 13.8. The first-order chi connectivity index (χ1) is 18.2. The fourth-order valence-electron chi connectivity index (χ4n) is 5.21. The SMILES string of the molecule is C=C(N[C@@H](C[C@@H]1CCNC1=O)C(=O)COC(F)(F)F)[C@@H]1CC2(CC2)CN1C(=O)[C@@H](NC(=O)C(C)(F)F)C(C)(C)C. The molecule has 0 aromatic rings. The molecule has 2 aliphatic heterocycles. The number of rotatable bonds is 11. The van der Waals surface area contributed by atoms with Crippen LogP contribution in [-0.2, 0) is 23.9 Å². The lowest BCUT2D eigenvalue weighted by Crippen LogP contribution is -2.58. The Balaban J connectivity index is 1.82. The molecule has 2 heterocycles. The fraction of sp³-hybridized carbons (Fsp3) is 0.769. The minimum atomic E-state index is -5.03. The average molecular weight is 581 g/mol. The summed E-state index contributed by atoms with van der Waals surface area (Å²) < 4.78 is 69.0. The van der Waals surface area contributed by atoms with Crippen molar-refractivity contribution in [1.82, 2.24) is 20.9 Å². The van der Waals surface area contributed by atoms with Crippen molar-refractivity contribution in [2.45, 2.75) is 90.2 Å². The van der Waals surface area contributed by atoms with Crippen molar-refractivity contribution in [2.75, 3.05) is 19.7 Å². The van der Waals surface area contributed by atoms with Crippen molar-refractivity contribution in [3.05, 3.63) is 12.3 Å². The monoisotopic (exact) mass is 580 g/mol. The van der Waals surface area contributed by atoms with Gasteiger partial charge in [-0.25, -0.2) is 0 Å². The molecule has 40 heavy (non-hydrogen) atoms. The molecular weight excluding hydrogens is 543 g/mol. The van der Waals surface area contributed by atoms with Crippen LogP contribution in [0.25, 0.3) is 0 Å². The number of ether oxygens (including phenoxy) is 1. The van der Waals surface area contributed by atoms with Gasteiger partial charge in [-0.05, 0) is 42.9 Å². The van der Waals surface area contributed by atoms with Crippen LogP contribution >= 0.6 is 0 Å². The molecule has 0 bridgehead atoms. The van der Waals surface area contributed by atoms with Crippen molar-refractivity contribution in [2.24, 2.45) is 16.7 Å². The molecule has 2 saturated heterocycles. The molecule has 0 aromatic carbocycles. The molecule has 0 radical (unpaired) electrons. The van der Waals surface area contributed by atoms with Crippen molar-refractivity contribution in [3.8, 4) is 0 Å². The van der Waals surface area contributed by atoms with Crippen LogP contribution in [-0.4, -0.2) is 78.5 Å². The van der Waals surface area contributed by atoms with E-state index in [2.05, 4.69) is 27.3 Å². The van der Waals surface area contributed by atoms with Crippen molar-refractivity contribution < 1.29 is 45.9 Å². The number of nitrogens with one attached hydrogen (secondary N) is 3. The number of alkyl halides is 5. The van der Waals surface area contributed by atoms with Gasteiger partial charge >= 0.3 is 12.3 Å². The summed E-state index contributed by atoms with van der Waals surface area (Å²) in [5, 5.41) is 7.65. The van der Waals surface area contributed by atoms with Gasteiger partial charge in [0, 0.05) is 31.6 Å². The number of likely N-dealkylation sites (tertiary alicyclic amines) is 1. The number of amides is 3. The van der Waals surface area contributed by atoms with Crippen molar-refractivity contribution in [1.29, 1.82) is 0 Å². The van der Waals surface area contributed by atoms with Gasteiger partial charge in [-0.1, -0.05) is 27.4 Å². The Morgan fingerprint density at radius 3 is 2.23 bits per heavy atom. The van der Waals surface area contributed by atoms with E-state index < -0.39 is 65.9 Å². The van der Waals surface area contributed by atoms with E-state index in [0.29, 0.717) is 26.3 Å². The summed E-state index contributed by atoms with van der Waals surface area (Å²) in [7, 11) is 0. The van der Waals surface area contributed by atoms with Gasteiger partial charge in [0.2, 0.25) is 11.8 Å². The number of carbonyl (C=O) groups is 4. The summed E-state index contributed by atoms with van der Waals surface area (Å²) in [6, 6.07) is -3.29. The first kappa shape index (κ1) is 31.8. The molecule has 3 fully saturated rings. The van der Waals surface area contributed by atoms with E-state index >= 15 is 0 Å². The number of Topliss-reactive ketones (excluding diaryl/α,β-unsaturated/α-hetero) is 1. The highest BCUT2D eigenvalue weighted by molar-refractivity contribution is 5.91. The molecular formula is C26H37F5N4O5. The lowest BCUT2D eigenvalue weighted by molar-refractivity contribution is -0.321. The van der Waals surface area contributed by atoms with Gasteiger partial charge in [-0.2, -0.15) is 8.78 Å². The van der Waals surface area contributed by atoms with Crippen molar-refractivity contribution >= 4 is 23.5 Å². The number of hydrogen-bond donors (Lipinski definition) is 3. The lowest BCUT2D eigenvalue weighted by atomic mass is 9.85. The largest absolute Gasteiger partial charge is 0.522 e. The maximum Gasteiger partial charge on any atom is 0.522 e. The molecule has 1 saturated carbocycles. The van der Waals surface area contributed by atoms with Gasteiger partial charge in [0.1, 0.15) is 12.6 Å². The van der Waals surface area contributed by atoms with Gasteiger partial charge in [-0.3, -0.25) is 23.9 Å². The number of ketones is 1. The quantitative estimate of drug-likeness (QED) is 0.324. The maximum absolute atomic E-state index is 13.8. The van der Waals surface area contributed by atoms with Gasteiger partial charge in [-0.15, -0.1) is 13.2 Å². The van der Waals surface area contributed by atoms with Crippen LogP contribution < -0.4 is 16.0 Å². The van der Waals surface area contributed by atoms with E-state index in [1.54, 1.807) is 20.8 Å². The first-order valence-corrected chi connectivity index (χ1v) is 13.2. The summed E-state index contributed by atoms with van der Waals surface area (Å²) in [6.45, 7) is 8.64. The number of hydrogen-bond acceptors (Lipinski definition) is 6. The third-order valence-corrected chi connectivity index (χ3v) is 7.75. The Kier molecular flexibility index (Phi) is 8.93. The van der Waals surface area contributed by atoms with Crippen molar-refractivity contribution in [3.63, 3.8) is 0 Å². The summed E-state index contributed by atoms with van der Waals surface area (Å²) in [6.07, 6.45) is -2.72. The molecule has 1 spiro atoms. The van der Waals surface area contributed by atoms with Crippen LogP contribution in [0.1, 0.15) is 59.8 Å². The van der Waals surface area contributed by atoms with Crippen LogP contribution in [0.5, 0.6) is 0 Å². The summed E-state index contributed by atoms with van der Waals surface area (Å²) >= 11 is 0. The molecule has 14 heteroatoms. The minimum Gasteiger partial charge on any atom is -0.377 e. The Labute approximate surface area is 229 Å². The van der Waals surface area contributed by atoms with E-state index in [-0.39, 0.29) is 30.0 Å². The smallest absolute Gasteiger partial charge is 0.377 e. The zero-order valence-corrected chi connectivity index (χ0v) is 23.1. The lowest BCUT2D eigenvalue weighted by Gasteiger charge is -2.37. The minimum absolute atomic E-state index is 0.108. The highest BCUT2D eigenvalue weighted by Crippen LogP contribution is 2.56. The molecule has 3 rings (SSSR count). The molecule has 1 aliphatic carbocycles. The number of halogens is 5. The predicted molar refractivity (Wildman–Crippen MR) is 133 cm³/mol. The van der Waals surface area contributed by atoms with Crippen LogP contribution in [0.2, 0.25) is 0 Å². The Morgan fingerprint density at radius 1 is 1.12 bits per heavy atom. The highest BCUT2D eigenvalue weighted by Gasteiger charge is 2.56. The Hall–Kier alpha value is -2.77. The summed E-state index contributed by atoms with van der Waals surface area (Å²) in [5.41, 5.74) is -1.02. The van der Waals surface area contributed by atoms with Gasteiger partial charge < -0.3 is 20.9 Å². The van der Waals surface area contributed by atoms with Gasteiger partial charge in [0.05, 0.1) is 12.1 Å². The summed E-state index contributed by atoms with van der Waals surface area (Å²) in [4.78, 5) is 52.2. The molecule has 9 nitrogen and oxygen atoms in total. The third-order valence-electron chi connectivity index (χ3n) is 7.75. The molecule has 226 valence electrons. The van der Waals surface area contributed by atoms with E-state index in [9.17, 15) is 41.1 Å². The van der Waals surface area contributed by atoms with E-state index in [1.807, 2.05) is 0 Å². The predicted octanol–water partition coefficient (Wildman–Crippen LogP) is 2.66. The Morgan fingerprint density at radius 2 is 1.75 bits per heavy atom. The fourth-order valence-corrected chi connectivity index (χ4v) is 5.21.